The Hall–Kier alpha value is -1.59. The summed E-state index contributed by atoms with van der Waals surface area (Å²) < 4.78 is 1.99. The zero-order valence-electron chi connectivity index (χ0n) is 14.8. The fourth-order valence-corrected chi connectivity index (χ4v) is 2.48. The summed E-state index contributed by atoms with van der Waals surface area (Å²) in [6.45, 7) is 8.06. The standard InChI is InChI=1S/C16H32N6/c1-6-8-10-14(9-7-2)11-18-16(17-4)19-12-15-21-20-13(3)22(15)5/h14H,6-12H2,1-5H3,(H2,17,18,19). The molecule has 1 aromatic heterocycles. The fourth-order valence-electron chi connectivity index (χ4n) is 2.48. The lowest BCUT2D eigenvalue weighted by molar-refractivity contribution is 0.423. The van der Waals surface area contributed by atoms with E-state index in [4.69, 9.17) is 0 Å². The van der Waals surface area contributed by atoms with Gasteiger partial charge in [0, 0.05) is 20.6 Å². The van der Waals surface area contributed by atoms with Gasteiger partial charge in [-0.3, -0.25) is 4.99 Å². The van der Waals surface area contributed by atoms with Gasteiger partial charge in [0.1, 0.15) is 5.82 Å². The van der Waals surface area contributed by atoms with E-state index in [0.717, 1.165) is 30.1 Å². The van der Waals surface area contributed by atoms with Gasteiger partial charge >= 0.3 is 0 Å². The molecule has 1 rings (SSSR count). The Morgan fingerprint density at radius 1 is 1.18 bits per heavy atom. The molecule has 6 heteroatoms. The van der Waals surface area contributed by atoms with Crippen LogP contribution in [0.5, 0.6) is 0 Å². The Morgan fingerprint density at radius 2 is 1.95 bits per heavy atom. The number of nitrogens with zero attached hydrogens (tertiary/aromatic N) is 4. The number of guanidine groups is 1. The van der Waals surface area contributed by atoms with Crippen molar-refractivity contribution in [1.82, 2.24) is 25.4 Å². The topological polar surface area (TPSA) is 67.1 Å². The summed E-state index contributed by atoms with van der Waals surface area (Å²) in [5.41, 5.74) is 0. The van der Waals surface area contributed by atoms with E-state index >= 15 is 0 Å². The van der Waals surface area contributed by atoms with E-state index in [1.54, 1.807) is 7.05 Å². The SMILES string of the molecule is CCCCC(CCC)CNC(=NC)NCc1nnc(C)n1C. The molecular weight excluding hydrogens is 276 g/mol. The maximum absolute atomic E-state index is 4.29. The molecule has 1 heterocycles. The van der Waals surface area contributed by atoms with Crippen molar-refractivity contribution in [1.29, 1.82) is 0 Å². The number of aryl methyl sites for hydroxylation is 1. The highest BCUT2D eigenvalue weighted by molar-refractivity contribution is 5.79. The number of hydrogen-bond acceptors (Lipinski definition) is 3. The lowest BCUT2D eigenvalue weighted by Gasteiger charge is -2.18. The zero-order chi connectivity index (χ0) is 16.4. The number of aliphatic imine (C=N–C) groups is 1. The van der Waals surface area contributed by atoms with Crippen molar-refractivity contribution in [3.8, 4) is 0 Å². The van der Waals surface area contributed by atoms with Crippen LogP contribution in [0, 0.1) is 12.8 Å². The summed E-state index contributed by atoms with van der Waals surface area (Å²) in [6.07, 6.45) is 6.36. The molecule has 0 aromatic carbocycles. The first-order chi connectivity index (χ1) is 10.6. The van der Waals surface area contributed by atoms with Crippen LogP contribution >= 0.6 is 0 Å². The monoisotopic (exact) mass is 308 g/mol. The molecule has 2 N–H and O–H groups in total. The Bertz CT molecular complexity index is 451. The van der Waals surface area contributed by atoms with Gasteiger partial charge in [0.25, 0.3) is 0 Å². The van der Waals surface area contributed by atoms with Gasteiger partial charge < -0.3 is 15.2 Å². The van der Waals surface area contributed by atoms with Gasteiger partial charge in [0.2, 0.25) is 0 Å². The molecule has 1 atom stereocenters. The Labute approximate surface area is 134 Å². The van der Waals surface area contributed by atoms with Crippen molar-refractivity contribution < 1.29 is 0 Å². The first kappa shape index (κ1) is 18.5. The molecule has 0 spiro atoms. The van der Waals surface area contributed by atoms with Gasteiger partial charge in [-0.05, 0) is 25.7 Å². The molecule has 0 fully saturated rings. The maximum atomic E-state index is 4.29. The van der Waals surface area contributed by atoms with Crippen LogP contribution < -0.4 is 10.6 Å². The molecule has 0 aliphatic rings. The number of aromatic nitrogens is 3. The van der Waals surface area contributed by atoms with Crippen molar-refractivity contribution in [3.63, 3.8) is 0 Å². The summed E-state index contributed by atoms with van der Waals surface area (Å²) in [5.74, 6) is 3.39. The average molecular weight is 308 g/mol. The summed E-state index contributed by atoms with van der Waals surface area (Å²) >= 11 is 0. The van der Waals surface area contributed by atoms with Crippen LogP contribution in [-0.4, -0.2) is 34.3 Å². The van der Waals surface area contributed by atoms with Crippen molar-refractivity contribution >= 4 is 5.96 Å². The van der Waals surface area contributed by atoms with Crippen molar-refractivity contribution in [2.75, 3.05) is 13.6 Å². The Kier molecular flexibility index (Phi) is 8.55. The average Bonchev–Trinajstić information content (AvgIpc) is 2.84. The van der Waals surface area contributed by atoms with Crippen molar-refractivity contribution in [3.05, 3.63) is 11.6 Å². The second-order valence-corrected chi connectivity index (χ2v) is 5.83. The second kappa shape index (κ2) is 10.2. The normalized spacial score (nSPS) is 13.2. The van der Waals surface area contributed by atoms with E-state index in [2.05, 4.69) is 39.7 Å². The van der Waals surface area contributed by atoms with Crippen LogP contribution in [-0.2, 0) is 13.6 Å². The van der Waals surface area contributed by atoms with Gasteiger partial charge in [0.05, 0.1) is 6.54 Å². The molecule has 0 amide bonds. The third-order valence-corrected chi connectivity index (χ3v) is 4.04. The van der Waals surface area contributed by atoms with E-state index in [1.165, 1.54) is 32.1 Å². The van der Waals surface area contributed by atoms with Gasteiger partial charge in [-0.15, -0.1) is 10.2 Å². The molecule has 0 aliphatic heterocycles. The van der Waals surface area contributed by atoms with E-state index in [1.807, 2.05) is 18.5 Å². The fraction of sp³-hybridized carbons (Fsp3) is 0.812. The van der Waals surface area contributed by atoms with E-state index in [-0.39, 0.29) is 0 Å². The first-order valence-electron chi connectivity index (χ1n) is 8.41. The highest BCUT2D eigenvalue weighted by Crippen LogP contribution is 2.13. The van der Waals surface area contributed by atoms with Gasteiger partial charge in [-0.25, -0.2) is 0 Å². The molecule has 1 aromatic rings. The highest BCUT2D eigenvalue weighted by Gasteiger charge is 2.09. The number of nitrogens with one attached hydrogen (secondary N) is 2. The summed E-state index contributed by atoms with van der Waals surface area (Å²) in [5, 5.41) is 15.0. The van der Waals surface area contributed by atoms with Crippen LogP contribution in [0.4, 0.5) is 0 Å². The largest absolute Gasteiger partial charge is 0.356 e. The second-order valence-electron chi connectivity index (χ2n) is 5.83. The molecule has 0 radical (unpaired) electrons. The molecule has 126 valence electrons. The van der Waals surface area contributed by atoms with Crippen molar-refractivity contribution in [2.24, 2.45) is 18.0 Å². The van der Waals surface area contributed by atoms with Crippen LogP contribution in [0.2, 0.25) is 0 Å². The van der Waals surface area contributed by atoms with Gasteiger partial charge in [-0.1, -0.05) is 33.1 Å². The lowest BCUT2D eigenvalue weighted by atomic mass is 9.97. The maximum Gasteiger partial charge on any atom is 0.191 e. The van der Waals surface area contributed by atoms with Crippen LogP contribution in [0.1, 0.15) is 57.6 Å². The third-order valence-electron chi connectivity index (χ3n) is 4.04. The zero-order valence-corrected chi connectivity index (χ0v) is 14.8. The smallest absolute Gasteiger partial charge is 0.191 e. The molecule has 6 nitrogen and oxygen atoms in total. The summed E-state index contributed by atoms with van der Waals surface area (Å²) in [7, 11) is 3.78. The molecule has 0 saturated carbocycles. The van der Waals surface area contributed by atoms with Crippen LogP contribution in [0.25, 0.3) is 0 Å². The number of hydrogen-bond donors (Lipinski definition) is 2. The molecule has 0 saturated heterocycles. The lowest BCUT2D eigenvalue weighted by Crippen LogP contribution is -2.39. The van der Waals surface area contributed by atoms with E-state index in [9.17, 15) is 0 Å². The molecule has 0 bridgehead atoms. The quantitative estimate of drug-likeness (QED) is 0.543. The predicted octanol–water partition coefficient (Wildman–Crippen LogP) is 2.40. The molecular formula is C16H32N6. The minimum atomic E-state index is 0.629. The number of rotatable bonds is 9. The predicted molar refractivity (Wildman–Crippen MR) is 91.9 cm³/mol. The van der Waals surface area contributed by atoms with E-state index < -0.39 is 0 Å². The molecule has 0 aliphatic carbocycles. The minimum absolute atomic E-state index is 0.629. The third kappa shape index (κ3) is 6.03. The van der Waals surface area contributed by atoms with Gasteiger partial charge in [-0.2, -0.15) is 0 Å². The Morgan fingerprint density at radius 3 is 2.50 bits per heavy atom. The van der Waals surface area contributed by atoms with Crippen molar-refractivity contribution in [2.45, 2.75) is 59.4 Å². The number of unbranched alkanes of at least 4 members (excludes halogenated alkanes) is 1. The first-order valence-corrected chi connectivity index (χ1v) is 8.41. The summed E-state index contributed by atoms with van der Waals surface area (Å²) in [4.78, 5) is 4.29. The van der Waals surface area contributed by atoms with Gasteiger partial charge in [0.15, 0.2) is 11.8 Å². The van der Waals surface area contributed by atoms with Crippen LogP contribution in [0.15, 0.2) is 4.99 Å². The Balaban J connectivity index is 2.42. The molecule has 22 heavy (non-hydrogen) atoms. The highest BCUT2D eigenvalue weighted by atomic mass is 15.3. The summed E-state index contributed by atoms with van der Waals surface area (Å²) in [6, 6.07) is 0. The molecule has 1 unspecified atom stereocenters. The van der Waals surface area contributed by atoms with E-state index in [0.29, 0.717) is 6.54 Å². The van der Waals surface area contributed by atoms with Crippen LogP contribution in [0.3, 0.4) is 0 Å². The minimum Gasteiger partial charge on any atom is -0.356 e.